The van der Waals surface area contributed by atoms with Gasteiger partial charge in [-0.3, -0.25) is 4.79 Å². The number of tetrazole rings is 1. The van der Waals surface area contributed by atoms with Crippen molar-refractivity contribution in [3.8, 4) is 0 Å². The van der Waals surface area contributed by atoms with E-state index in [0.717, 1.165) is 32.4 Å². The fraction of sp³-hybridized carbons (Fsp3) is 0.600. The average molecular weight is 332 g/mol. The van der Waals surface area contributed by atoms with Crippen LogP contribution in [0.5, 0.6) is 0 Å². The van der Waals surface area contributed by atoms with Gasteiger partial charge in [0, 0.05) is 12.6 Å². The quantitative estimate of drug-likeness (QED) is 0.881. The van der Waals surface area contributed by atoms with Gasteiger partial charge in [0.1, 0.15) is 12.9 Å². The lowest BCUT2D eigenvalue weighted by atomic mass is 9.93. The highest BCUT2D eigenvalue weighted by atomic mass is 32.1. The molecular formula is C15H20N6OS. The Morgan fingerprint density at radius 3 is 3.04 bits per heavy atom. The van der Waals surface area contributed by atoms with E-state index < -0.39 is 0 Å². The maximum absolute atomic E-state index is 12.8. The molecule has 1 amide bonds. The van der Waals surface area contributed by atoms with Gasteiger partial charge in [0.05, 0.1) is 0 Å². The summed E-state index contributed by atoms with van der Waals surface area (Å²) in [5.41, 5.74) is 1.54. The molecule has 1 aliphatic heterocycles. The SMILES string of the molecule is O=C(Cn1cnnn1)N(Cc1ccsc1)C1CC12CCNCC2. The van der Waals surface area contributed by atoms with Gasteiger partial charge in [-0.05, 0) is 70.6 Å². The highest BCUT2D eigenvalue weighted by molar-refractivity contribution is 7.07. The normalized spacial score (nSPS) is 22.2. The van der Waals surface area contributed by atoms with Gasteiger partial charge in [-0.2, -0.15) is 11.3 Å². The summed E-state index contributed by atoms with van der Waals surface area (Å²) in [7, 11) is 0. The van der Waals surface area contributed by atoms with Crippen LogP contribution >= 0.6 is 11.3 Å². The zero-order valence-electron chi connectivity index (χ0n) is 12.9. The van der Waals surface area contributed by atoms with Crippen molar-refractivity contribution in [1.29, 1.82) is 0 Å². The highest BCUT2D eigenvalue weighted by Gasteiger charge is 2.57. The minimum Gasteiger partial charge on any atom is -0.333 e. The number of hydrogen-bond donors (Lipinski definition) is 1. The topological polar surface area (TPSA) is 75.9 Å². The zero-order valence-corrected chi connectivity index (χ0v) is 13.7. The summed E-state index contributed by atoms with van der Waals surface area (Å²) in [4.78, 5) is 14.9. The maximum Gasteiger partial charge on any atom is 0.245 e. The van der Waals surface area contributed by atoms with Crippen LogP contribution in [0.2, 0.25) is 0 Å². The fourth-order valence-corrected chi connectivity index (χ4v) is 4.32. The number of rotatable bonds is 5. The third-order valence-electron chi connectivity index (χ3n) is 5.06. The Morgan fingerprint density at radius 1 is 1.48 bits per heavy atom. The van der Waals surface area contributed by atoms with E-state index in [2.05, 4.69) is 42.6 Å². The molecule has 0 radical (unpaired) electrons. The lowest BCUT2D eigenvalue weighted by Crippen LogP contribution is -2.40. The summed E-state index contributed by atoms with van der Waals surface area (Å²) in [5, 5.41) is 18.6. The second kappa shape index (κ2) is 6.01. The molecule has 3 heterocycles. The molecule has 23 heavy (non-hydrogen) atoms. The van der Waals surface area contributed by atoms with E-state index in [1.54, 1.807) is 11.3 Å². The lowest BCUT2D eigenvalue weighted by Gasteiger charge is -2.29. The molecule has 4 rings (SSSR count). The second-order valence-corrected chi connectivity index (χ2v) is 7.27. The van der Waals surface area contributed by atoms with Crippen LogP contribution in [0.3, 0.4) is 0 Å². The van der Waals surface area contributed by atoms with E-state index in [9.17, 15) is 4.79 Å². The molecule has 1 N–H and O–H groups in total. The Labute approximate surface area is 138 Å². The first kappa shape index (κ1) is 14.8. The lowest BCUT2D eigenvalue weighted by molar-refractivity contribution is -0.134. The van der Waals surface area contributed by atoms with E-state index in [1.165, 1.54) is 16.6 Å². The van der Waals surface area contributed by atoms with Crippen molar-refractivity contribution < 1.29 is 4.79 Å². The standard InChI is InChI=1S/C15H20N6OS/c22-14(9-20-11-17-18-19-20)21(8-12-1-6-23-10-12)13-7-15(13)2-4-16-5-3-15/h1,6,10-11,13,16H,2-5,7-9H2. The Balaban J connectivity index is 1.51. The molecule has 1 saturated heterocycles. The molecular weight excluding hydrogens is 312 g/mol. The number of piperidine rings is 1. The van der Waals surface area contributed by atoms with Gasteiger partial charge in [0.25, 0.3) is 0 Å². The summed E-state index contributed by atoms with van der Waals surface area (Å²) in [6.45, 7) is 3.01. The van der Waals surface area contributed by atoms with Crippen LogP contribution in [0.4, 0.5) is 0 Å². The Hall–Kier alpha value is -1.80. The van der Waals surface area contributed by atoms with Crippen molar-refractivity contribution in [2.45, 2.75) is 38.4 Å². The maximum atomic E-state index is 12.8. The summed E-state index contributed by atoms with van der Waals surface area (Å²) < 4.78 is 1.50. The number of amides is 1. The Morgan fingerprint density at radius 2 is 2.35 bits per heavy atom. The van der Waals surface area contributed by atoms with Crippen LogP contribution < -0.4 is 5.32 Å². The Kier molecular flexibility index (Phi) is 3.86. The predicted octanol–water partition coefficient (Wildman–Crippen LogP) is 0.905. The van der Waals surface area contributed by atoms with Crippen LogP contribution in [0.1, 0.15) is 24.8 Å². The van der Waals surface area contributed by atoms with Crippen molar-refractivity contribution in [3.63, 3.8) is 0 Å². The summed E-state index contributed by atoms with van der Waals surface area (Å²) in [6.07, 6.45) is 4.94. The van der Waals surface area contributed by atoms with E-state index >= 15 is 0 Å². The van der Waals surface area contributed by atoms with Gasteiger partial charge >= 0.3 is 0 Å². The number of nitrogens with zero attached hydrogens (tertiary/aromatic N) is 5. The zero-order chi connectivity index (χ0) is 15.7. The van der Waals surface area contributed by atoms with Crippen LogP contribution in [-0.2, 0) is 17.9 Å². The van der Waals surface area contributed by atoms with E-state index in [4.69, 9.17) is 0 Å². The molecule has 1 aliphatic carbocycles. The summed E-state index contributed by atoms with van der Waals surface area (Å²) >= 11 is 1.67. The van der Waals surface area contributed by atoms with Crippen LogP contribution in [0.15, 0.2) is 23.2 Å². The molecule has 1 spiro atoms. The molecule has 8 heteroatoms. The molecule has 1 atom stereocenters. The first-order valence-electron chi connectivity index (χ1n) is 7.99. The van der Waals surface area contributed by atoms with Crippen LogP contribution in [0.25, 0.3) is 0 Å². The van der Waals surface area contributed by atoms with Gasteiger partial charge in [0.2, 0.25) is 5.91 Å². The van der Waals surface area contributed by atoms with E-state index in [-0.39, 0.29) is 12.5 Å². The smallest absolute Gasteiger partial charge is 0.245 e. The van der Waals surface area contributed by atoms with Crippen molar-refractivity contribution in [2.75, 3.05) is 13.1 Å². The van der Waals surface area contributed by atoms with Gasteiger partial charge in [-0.1, -0.05) is 0 Å². The number of hydrogen-bond acceptors (Lipinski definition) is 6. The van der Waals surface area contributed by atoms with Crippen LogP contribution in [-0.4, -0.2) is 50.1 Å². The second-order valence-electron chi connectivity index (χ2n) is 6.49. The molecule has 2 aliphatic rings. The molecule has 7 nitrogen and oxygen atoms in total. The third-order valence-corrected chi connectivity index (χ3v) is 5.80. The molecule has 0 bridgehead atoms. The van der Waals surface area contributed by atoms with Crippen molar-refractivity contribution >= 4 is 17.2 Å². The largest absolute Gasteiger partial charge is 0.333 e. The van der Waals surface area contributed by atoms with Gasteiger partial charge in [-0.25, -0.2) is 4.68 Å². The molecule has 2 aromatic rings. The average Bonchev–Trinajstić information content (AvgIpc) is 2.99. The summed E-state index contributed by atoms with van der Waals surface area (Å²) in [6, 6.07) is 2.45. The van der Waals surface area contributed by atoms with Gasteiger partial charge in [0.15, 0.2) is 0 Å². The molecule has 122 valence electrons. The molecule has 1 unspecified atom stereocenters. The minimum atomic E-state index is 0.101. The van der Waals surface area contributed by atoms with Crippen molar-refractivity contribution in [3.05, 3.63) is 28.7 Å². The Bertz CT molecular complexity index is 650. The van der Waals surface area contributed by atoms with Crippen molar-refractivity contribution in [2.24, 2.45) is 5.41 Å². The highest BCUT2D eigenvalue weighted by Crippen LogP contribution is 2.56. The van der Waals surface area contributed by atoms with Crippen LogP contribution in [0, 0.1) is 5.41 Å². The molecule has 0 aromatic carbocycles. The number of thiophene rings is 1. The summed E-state index contributed by atoms with van der Waals surface area (Å²) in [5.74, 6) is 0.101. The number of carbonyl (C=O) groups is 1. The monoisotopic (exact) mass is 332 g/mol. The predicted molar refractivity (Wildman–Crippen MR) is 85.6 cm³/mol. The minimum absolute atomic E-state index is 0.101. The third kappa shape index (κ3) is 3.00. The number of nitrogens with one attached hydrogen (secondary N) is 1. The number of aromatic nitrogens is 4. The van der Waals surface area contributed by atoms with Gasteiger partial charge in [-0.15, -0.1) is 5.10 Å². The van der Waals surface area contributed by atoms with Crippen molar-refractivity contribution in [1.82, 2.24) is 30.4 Å². The first-order chi connectivity index (χ1) is 11.3. The van der Waals surface area contributed by atoms with E-state index in [0.29, 0.717) is 18.0 Å². The first-order valence-corrected chi connectivity index (χ1v) is 8.93. The fourth-order valence-electron chi connectivity index (χ4n) is 3.66. The molecule has 2 aromatic heterocycles. The number of carbonyl (C=O) groups excluding carboxylic acids is 1. The van der Waals surface area contributed by atoms with E-state index in [1.807, 2.05) is 0 Å². The van der Waals surface area contributed by atoms with Gasteiger partial charge < -0.3 is 10.2 Å². The molecule has 1 saturated carbocycles. The molecule has 2 fully saturated rings.